The number of hydrogen-bond acceptors (Lipinski definition) is 6. The van der Waals surface area contributed by atoms with E-state index in [2.05, 4.69) is 5.32 Å². The summed E-state index contributed by atoms with van der Waals surface area (Å²) in [6.07, 6.45) is 3.10. The van der Waals surface area contributed by atoms with Crippen molar-refractivity contribution in [3.05, 3.63) is 64.2 Å². The summed E-state index contributed by atoms with van der Waals surface area (Å²) in [5.74, 6) is -0.316. The number of nitrogens with one attached hydrogen (secondary N) is 1. The van der Waals surface area contributed by atoms with Crippen LogP contribution in [0, 0.1) is 10.1 Å². The van der Waals surface area contributed by atoms with E-state index in [0.29, 0.717) is 44.5 Å². The van der Waals surface area contributed by atoms with Gasteiger partial charge in [-0.1, -0.05) is 18.6 Å². The monoisotopic (exact) mass is 486 g/mol. The highest BCUT2D eigenvalue weighted by Gasteiger charge is 2.37. The molecule has 0 bridgehead atoms. The summed E-state index contributed by atoms with van der Waals surface area (Å²) in [5, 5.41) is 13.7. The van der Waals surface area contributed by atoms with Gasteiger partial charge in [-0.25, -0.2) is 8.42 Å². The maximum absolute atomic E-state index is 13.3. The van der Waals surface area contributed by atoms with Crippen molar-refractivity contribution >= 4 is 33.2 Å². The summed E-state index contributed by atoms with van der Waals surface area (Å²) in [4.78, 5) is 37.0. The molecule has 2 aromatic carbocycles. The fraction of sp³-hybridized carbons (Fsp3) is 0.391. The Hall–Kier alpha value is -3.31. The van der Waals surface area contributed by atoms with Crippen LogP contribution in [-0.4, -0.2) is 53.5 Å². The zero-order chi connectivity index (χ0) is 24.3. The quantitative estimate of drug-likeness (QED) is 0.473. The average Bonchev–Trinajstić information content (AvgIpc) is 3.23. The van der Waals surface area contributed by atoms with Gasteiger partial charge >= 0.3 is 0 Å². The number of nitro benzene ring substituents is 1. The predicted octanol–water partition coefficient (Wildman–Crippen LogP) is 2.90. The number of sulfonamides is 1. The topological polar surface area (TPSA) is 130 Å². The van der Waals surface area contributed by atoms with Gasteiger partial charge in [0.05, 0.1) is 9.82 Å². The van der Waals surface area contributed by atoms with Crippen molar-refractivity contribution in [2.75, 3.05) is 18.4 Å². The molecule has 1 unspecified atom stereocenters. The number of likely N-dealkylation sites (tertiary alicyclic amines) is 1. The lowest BCUT2D eigenvalue weighted by Gasteiger charge is -2.33. The minimum atomic E-state index is -4.02. The van der Waals surface area contributed by atoms with Crippen molar-refractivity contribution in [3.63, 3.8) is 0 Å². The highest BCUT2D eigenvalue weighted by atomic mass is 32.2. The summed E-state index contributed by atoms with van der Waals surface area (Å²) in [7, 11) is -4.02. The van der Waals surface area contributed by atoms with Crippen LogP contribution in [0.5, 0.6) is 0 Å². The molecule has 180 valence electrons. The largest absolute Gasteiger partial charge is 0.338 e. The summed E-state index contributed by atoms with van der Waals surface area (Å²) in [6, 6.07) is 11.0. The van der Waals surface area contributed by atoms with Gasteiger partial charge in [0.15, 0.2) is 0 Å². The van der Waals surface area contributed by atoms with E-state index >= 15 is 0 Å². The van der Waals surface area contributed by atoms with Crippen molar-refractivity contribution in [2.24, 2.45) is 0 Å². The van der Waals surface area contributed by atoms with E-state index in [1.54, 1.807) is 23.1 Å². The zero-order valence-electron chi connectivity index (χ0n) is 18.6. The number of rotatable bonds is 7. The number of amides is 2. The highest BCUT2D eigenvalue weighted by molar-refractivity contribution is 7.89. The second kappa shape index (κ2) is 9.90. The number of non-ortho nitro benzene ring substituents is 1. The normalized spacial score (nSPS) is 19.2. The fourth-order valence-corrected chi connectivity index (χ4v) is 6.05. The third-order valence-corrected chi connectivity index (χ3v) is 8.07. The summed E-state index contributed by atoms with van der Waals surface area (Å²) >= 11 is 0. The first-order chi connectivity index (χ1) is 16.3. The van der Waals surface area contributed by atoms with Crippen LogP contribution in [-0.2, 0) is 26.2 Å². The minimum absolute atomic E-state index is 0.0879. The van der Waals surface area contributed by atoms with E-state index in [4.69, 9.17) is 0 Å². The molecule has 0 aliphatic carbocycles. The Morgan fingerprint density at radius 3 is 2.53 bits per heavy atom. The van der Waals surface area contributed by atoms with Gasteiger partial charge in [-0.15, -0.1) is 0 Å². The zero-order valence-corrected chi connectivity index (χ0v) is 19.4. The van der Waals surface area contributed by atoms with E-state index in [1.165, 1.54) is 16.4 Å². The van der Waals surface area contributed by atoms with Crippen LogP contribution in [0.4, 0.5) is 11.4 Å². The molecule has 0 radical (unpaired) electrons. The first-order valence-corrected chi connectivity index (χ1v) is 12.6. The van der Waals surface area contributed by atoms with Crippen LogP contribution in [0.15, 0.2) is 53.4 Å². The van der Waals surface area contributed by atoms with E-state index in [1.807, 2.05) is 6.07 Å². The molecule has 0 saturated carbocycles. The number of benzene rings is 2. The van der Waals surface area contributed by atoms with E-state index in [9.17, 15) is 28.1 Å². The number of hydrogen-bond donors (Lipinski definition) is 1. The third kappa shape index (κ3) is 5.10. The lowest BCUT2D eigenvalue weighted by molar-refractivity contribution is -0.384. The van der Waals surface area contributed by atoms with Crippen LogP contribution in [0.1, 0.15) is 37.7 Å². The molecule has 2 fully saturated rings. The second-order valence-electron chi connectivity index (χ2n) is 8.49. The van der Waals surface area contributed by atoms with Crippen LogP contribution in [0.3, 0.4) is 0 Å². The molecular weight excluding hydrogens is 460 g/mol. The number of piperidine rings is 1. The van der Waals surface area contributed by atoms with Crippen molar-refractivity contribution < 1.29 is 22.9 Å². The summed E-state index contributed by atoms with van der Waals surface area (Å²) in [5.41, 5.74) is 1.21. The average molecular weight is 487 g/mol. The van der Waals surface area contributed by atoms with Crippen molar-refractivity contribution in [1.29, 1.82) is 0 Å². The van der Waals surface area contributed by atoms with Crippen molar-refractivity contribution in [2.45, 2.75) is 49.6 Å². The van der Waals surface area contributed by atoms with Gasteiger partial charge in [-0.3, -0.25) is 19.7 Å². The molecule has 0 aromatic heterocycles. The van der Waals surface area contributed by atoms with Gasteiger partial charge in [0.25, 0.3) is 5.69 Å². The molecule has 0 spiro atoms. The Labute approximate surface area is 197 Å². The van der Waals surface area contributed by atoms with E-state index in [-0.39, 0.29) is 23.0 Å². The molecule has 2 amide bonds. The Balaban J connectivity index is 1.50. The van der Waals surface area contributed by atoms with Crippen LogP contribution in [0.2, 0.25) is 0 Å². The lowest BCUT2D eigenvalue weighted by atomic mass is 10.0. The highest BCUT2D eigenvalue weighted by Crippen LogP contribution is 2.28. The number of anilines is 1. The molecule has 4 rings (SSSR count). The predicted molar refractivity (Wildman–Crippen MR) is 124 cm³/mol. The van der Waals surface area contributed by atoms with Crippen molar-refractivity contribution in [1.82, 2.24) is 9.21 Å². The Morgan fingerprint density at radius 1 is 1.09 bits per heavy atom. The molecular formula is C23H26N4O6S. The third-order valence-electron chi connectivity index (χ3n) is 6.15. The van der Waals surface area contributed by atoms with Gasteiger partial charge in [0, 0.05) is 43.9 Å². The SMILES string of the molecule is O=C(Nc1cccc(CN2CCCC2=O)c1)C1CCCCN1S(=O)(=O)c1ccc([N+](=O)[O-])cc1. The van der Waals surface area contributed by atoms with Crippen LogP contribution in [0.25, 0.3) is 0 Å². The smallest absolute Gasteiger partial charge is 0.269 e. The van der Waals surface area contributed by atoms with Gasteiger partial charge < -0.3 is 10.2 Å². The van der Waals surface area contributed by atoms with E-state index < -0.39 is 26.9 Å². The molecule has 34 heavy (non-hydrogen) atoms. The van der Waals surface area contributed by atoms with Crippen molar-refractivity contribution in [3.8, 4) is 0 Å². The maximum atomic E-state index is 13.3. The molecule has 2 aliphatic rings. The number of carbonyl (C=O) groups is 2. The minimum Gasteiger partial charge on any atom is -0.338 e. The summed E-state index contributed by atoms with van der Waals surface area (Å²) in [6.45, 7) is 1.37. The van der Waals surface area contributed by atoms with Gasteiger partial charge in [-0.2, -0.15) is 4.31 Å². The van der Waals surface area contributed by atoms with Gasteiger partial charge in [0.1, 0.15) is 6.04 Å². The molecule has 10 nitrogen and oxygen atoms in total. The first-order valence-electron chi connectivity index (χ1n) is 11.2. The molecule has 11 heteroatoms. The Kier molecular flexibility index (Phi) is 6.94. The van der Waals surface area contributed by atoms with E-state index in [0.717, 1.165) is 24.1 Å². The lowest BCUT2D eigenvalue weighted by Crippen LogP contribution is -2.49. The number of nitro groups is 1. The first kappa shape index (κ1) is 23.8. The summed E-state index contributed by atoms with van der Waals surface area (Å²) < 4.78 is 27.7. The molecule has 2 aromatic rings. The Bertz CT molecular complexity index is 1200. The second-order valence-corrected chi connectivity index (χ2v) is 10.4. The molecule has 1 N–H and O–H groups in total. The van der Waals surface area contributed by atoms with Crippen LogP contribution < -0.4 is 5.32 Å². The van der Waals surface area contributed by atoms with Crippen LogP contribution >= 0.6 is 0 Å². The standard InChI is InChI=1S/C23H26N4O6S/c28-22-8-4-13-25(22)16-17-5-3-6-18(15-17)24-23(29)21-7-1-2-14-26(21)34(32,33)20-11-9-19(10-12-20)27(30)31/h3,5-6,9-12,15,21H,1-2,4,7-8,13-14,16H2,(H,24,29). The Morgan fingerprint density at radius 2 is 1.85 bits per heavy atom. The molecule has 1 atom stereocenters. The molecule has 2 saturated heterocycles. The number of nitrogens with zero attached hydrogens (tertiary/aromatic N) is 3. The molecule has 2 heterocycles. The fourth-order valence-electron chi connectivity index (χ4n) is 4.39. The van der Waals surface area contributed by atoms with Gasteiger partial charge in [0.2, 0.25) is 21.8 Å². The van der Waals surface area contributed by atoms with Gasteiger partial charge in [-0.05, 0) is 49.1 Å². The maximum Gasteiger partial charge on any atom is 0.269 e. The number of carbonyl (C=O) groups excluding carboxylic acids is 2. The molecule has 2 aliphatic heterocycles.